The average molecular weight is 630 g/mol. The number of aryl methyl sites for hydroxylation is 1. The number of rotatable bonds is 6. The fourth-order valence-electron chi connectivity index (χ4n) is 6.56. The summed E-state index contributed by atoms with van der Waals surface area (Å²) in [6, 6.07) is 4.56. The van der Waals surface area contributed by atoms with Gasteiger partial charge in [-0.2, -0.15) is 13.2 Å². The first-order valence-electron chi connectivity index (χ1n) is 15.1. The van der Waals surface area contributed by atoms with Gasteiger partial charge in [-0.1, -0.05) is 41.5 Å². The van der Waals surface area contributed by atoms with Crippen LogP contribution >= 0.6 is 11.3 Å². The first-order valence-corrected chi connectivity index (χ1v) is 15.9. The number of hydrogen-bond acceptors (Lipinski definition) is 7. The van der Waals surface area contributed by atoms with E-state index in [1.165, 1.54) is 29.4 Å². The Labute approximate surface area is 259 Å². The summed E-state index contributed by atoms with van der Waals surface area (Å²) in [5.41, 5.74) is -0.288. The van der Waals surface area contributed by atoms with Crippen LogP contribution in [-0.2, 0) is 22.3 Å². The number of pyridine rings is 2. The summed E-state index contributed by atoms with van der Waals surface area (Å²) < 4.78 is 42.3. The second-order valence-electron chi connectivity index (χ2n) is 12.4. The van der Waals surface area contributed by atoms with E-state index in [9.17, 15) is 27.6 Å². The Morgan fingerprint density at radius 3 is 2.43 bits per heavy atom. The van der Waals surface area contributed by atoms with Gasteiger partial charge in [0.2, 0.25) is 11.8 Å². The molecule has 6 rings (SSSR count). The Balaban J connectivity index is 0.00000188. The molecule has 44 heavy (non-hydrogen) atoms. The summed E-state index contributed by atoms with van der Waals surface area (Å²) >= 11 is 1.24. The molecule has 3 aliphatic rings. The maximum atomic E-state index is 13.9. The number of alkyl halides is 3. The van der Waals surface area contributed by atoms with Crippen LogP contribution in [0.5, 0.6) is 0 Å². The molecule has 3 amide bonds. The number of imide groups is 1. The maximum absolute atomic E-state index is 13.9. The van der Waals surface area contributed by atoms with Crippen LogP contribution in [0, 0.1) is 24.2 Å². The smallest absolute Gasteiger partial charge is 0.337 e. The van der Waals surface area contributed by atoms with Crippen LogP contribution in [-0.4, -0.2) is 62.7 Å². The van der Waals surface area contributed by atoms with Crippen LogP contribution in [0.2, 0.25) is 0 Å². The Morgan fingerprint density at radius 1 is 1.16 bits per heavy atom. The molecule has 0 aromatic carbocycles. The van der Waals surface area contributed by atoms with Gasteiger partial charge in [0.1, 0.15) is 5.69 Å². The normalized spacial score (nSPS) is 22.5. The molecule has 2 aliphatic heterocycles. The fraction of sp³-hybridized carbons (Fsp3) is 0.531. The number of hydrogen-bond donors (Lipinski definition) is 1. The highest BCUT2D eigenvalue weighted by Gasteiger charge is 2.72. The molecule has 5 heterocycles. The summed E-state index contributed by atoms with van der Waals surface area (Å²) in [7, 11) is 0. The summed E-state index contributed by atoms with van der Waals surface area (Å²) in [5.74, 6) is -1.37. The van der Waals surface area contributed by atoms with Crippen molar-refractivity contribution in [2.75, 3.05) is 13.1 Å². The van der Waals surface area contributed by atoms with Gasteiger partial charge in [-0.25, -0.2) is 4.98 Å². The monoisotopic (exact) mass is 629 g/mol. The van der Waals surface area contributed by atoms with E-state index in [2.05, 4.69) is 15.3 Å². The summed E-state index contributed by atoms with van der Waals surface area (Å²) in [6.45, 7) is 14.4. The van der Waals surface area contributed by atoms with E-state index in [-0.39, 0.29) is 70.4 Å². The van der Waals surface area contributed by atoms with Gasteiger partial charge in [-0.3, -0.25) is 24.3 Å². The first-order chi connectivity index (χ1) is 20.7. The van der Waals surface area contributed by atoms with Crippen molar-refractivity contribution in [2.45, 2.75) is 79.7 Å². The molecular formula is C32H38F3N5O3S. The van der Waals surface area contributed by atoms with E-state index in [4.69, 9.17) is 0 Å². The minimum absolute atomic E-state index is 0.0512. The molecule has 236 valence electrons. The number of piperidine rings is 1. The molecule has 12 heteroatoms. The number of carbonyl (C=O) groups is 3. The molecule has 0 radical (unpaired) electrons. The lowest BCUT2D eigenvalue weighted by molar-refractivity contribution is -0.144. The van der Waals surface area contributed by atoms with Gasteiger partial charge in [-0.15, -0.1) is 11.3 Å². The Kier molecular flexibility index (Phi) is 8.39. The number of carbonyl (C=O) groups excluding carboxylic acids is 3. The number of thiophene rings is 1. The van der Waals surface area contributed by atoms with E-state index in [0.717, 1.165) is 12.5 Å². The molecule has 3 atom stereocenters. The third-order valence-electron chi connectivity index (χ3n) is 8.69. The van der Waals surface area contributed by atoms with Crippen molar-refractivity contribution in [1.29, 1.82) is 0 Å². The molecule has 1 N–H and O–H groups in total. The highest BCUT2D eigenvalue weighted by atomic mass is 32.1. The van der Waals surface area contributed by atoms with Gasteiger partial charge in [0.25, 0.3) is 5.91 Å². The standard InChI is InChI=1S/C30H32F3N5O3S.C2H6/c1-14(2)35-16-7-9-37(12-16)26(39)21-15(3)10-20(30(31,32)33)36-24(21)18-6-8-34-19-11-17(42-25(18)19)13-38-27(40)22-23(28(38)41)29(22,4)5;1-2/h6,8,10-11,14,16,22-23,35H,7,9,12-13H2,1-5H3;1-2H3. The molecule has 3 aromatic heterocycles. The van der Waals surface area contributed by atoms with Gasteiger partial charge >= 0.3 is 6.18 Å². The third kappa shape index (κ3) is 5.51. The predicted octanol–water partition coefficient (Wildman–Crippen LogP) is 6.07. The minimum atomic E-state index is -4.71. The third-order valence-corrected chi connectivity index (χ3v) is 9.83. The minimum Gasteiger partial charge on any atom is -0.337 e. The number of nitrogens with zero attached hydrogens (tertiary/aromatic N) is 4. The van der Waals surface area contributed by atoms with Crippen molar-refractivity contribution >= 4 is 39.3 Å². The highest BCUT2D eigenvalue weighted by molar-refractivity contribution is 7.19. The van der Waals surface area contributed by atoms with E-state index < -0.39 is 11.9 Å². The van der Waals surface area contributed by atoms with Crippen LogP contribution in [0.4, 0.5) is 13.2 Å². The molecular weight excluding hydrogens is 591 g/mol. The lowest BCUT2D eigenvalue weighted by atomic mass is 9.99. The second-order valence-corrected chi connectivity index (χ2v) is 13.6. The van der Waals surface area contributed by atoms with E-state index in [0.29, 0.717) is 33.7 Å². The van der Waals surface area contributed by atoms with E-state index >= 15 is 0 Å². The molecule has 0 bridgehead atoms. The predicted molar refractivity (Wildman–Crippen MR) is 163 cm³/mol. The van der Waals surface area contributed by atoms with Gasteiger partial charge in [0.05, 0.1) is 39.9 Å². The molecule has 1 saturated carbocycles. The zero-order chi connectivity index (χ0) is 32.3. The zero-order valence-corrected chi connectivity index (χ0v) is 26.8. The molecule has 0 spiro atoms. The van der Waals surface area contributed by atoms with Crippen LogP contribution in [0.15, 0.2) is 24.4 Å². The van der Waals surface area contributed by atoms with Crippen molar-refractivity contribution in [3.63, 3.8) is 0 Å². The second kappa shape index (κ2) is 11.5. The van der Waals surface area contributed by atoms with Crippen molar-refractivity contribution in [3.05, 3.63) is 46.1 Å². The molecule has 3 aromatic rings. The lowest BCUT2D eigenvalue weighted by Gasteiger charge is -2.22. The molecule has 3 unspecified atom stereocenters. The van der Waals surface area contributed by atoms with E-state index in [1.807, 2.05) is 41.5 Å². The summed E-state index contributed by atoms with van der Waals surface area (Å²) in [5, 5.41) is 3.42. The number of nitrogens with one attached hydrogen (secondary N) is 1. The largest absolute Gasteiger partial charge is 0.433 e. The first kappa shape index (κ1) is 32.0. The van der Waals surface area contributed by atoms with Crippen molar-refractivity contribution in [1.82, 2.24) is 25.1 Å². The molecule has 8 nitrogen and oxygen atoms in total. The molecule has 3 fully saturated rings. The number of likely N-dealkylation sites (tertiary alicyclic amines) is 2. The number of amides is 3. The average Bonchev–Trinajstić information content (AvgIpc) is 3.35. The van der Waals surface area contributed by atoms with Crippen LogP contribution < -0.4 is 5.32 Å². The Bertz CT molecular complexity index is 1610. The van der Waals surface area contributed by atoms with Crippen LogP contribution in [0.25, 0.3) is 21.5 Å². The number of halogens is 3. The fourth-order valence-corrected chi connectivity index (χ4v) is 7.68. The van der Waals surface area contributed by atoms with Crippen LogP contribution in [0.1, 0.15) is 74.5 Å². The van der Waals surface area contributed by atoms with Crippen molar-refractivity contribution < 1.29 is 27.6 Å². The topological polar surface area (TPSA) is 95.5 Å². The molecule has 1 aliphatic carbocycles. The van der Waals surface area contributed by atoms with Gasteiger partial charge < -0.3 is 10.2 Å². The van der Waals surface area contributed by atoms with Gasteiger partial charge in [0, 0.05) is 41.8 Å². The summed E-state index contributed by atoms with van der Waals surface area (Å²) in [6.07, 6.45) is -2.49. The molecule has 2 saturated heterocycles. The van der Waals surface area contributed by atoms with Gasteiger partial charge in [0.15, 0.2) is 0 Å². The quantitative estimate of drug-likeness (QED) is 0.333. The van der Waals surface area contributed by atoms with Gasteiger partial charge in [-0.05, 0) is 42.5 Å². The SMILES string of the molecule is CC.Cc1cc(C(F)(F)F)nc(-c2ccnc3cc(CN4C(=O)C5C(C4=O)C5(C)C)sc23)c1C(=O)N1CCC(NC(C)C)C1. The zero-order valence-electron chi connectivity index (χ0n) is 26.0. The van der Waals surface area contributed by atoms with Crippen molar-refractivity contribution in [2.24, 2.45) is 17.3 Å². The van der Waals surface area contributed by atoms with Crippen LogP contribution in [0.3, 0.4) is 0 Å². The van der Waals surface area contributed by atoms with Crippen molar-refractivity contribution in [3.8, 4) is 11.3 Å². The maximum Gasteiger partial charge on any atom is 0.433 e. The summed E-state index contributed by atoms with van der Waals surface area (Å²) in [4.78, 5) is 51.7. The Hall–Kier alpha value is -3.38. The lowest BCUT2D eigenvalue weighted by Crippen LogP contribution is -2.38. The Morgan fingerprint density at radius 2 is 1.82 bits per heavy atom. The number of fused-ring (bicyclic) bond motifs is 2. The number of aromatic nitrogens is 2. The highest BCUT2D eigenvalue weighted by Crippen LogP contribution is 2.63. The van der Waals surface area contributed by atoms with E-state index in [1.54, 1.807) is 17.0 Å².